The average Bonchev–Trinajstić information content (AvgIpc) is 2.84. The van der Waals surface area contributed by atoms with Crippen molar-refractivity contribution in [2.24, 2.45) is 17.6 Å². The van der Waals surface area contributed by atoms with Gasteiger partial charge in [-0.3, -0.25) is 24.6 Å². The third-order valence-corrected chi connectivity index (χ3v) is 6.95. The van der Waals surface area contributed by atoms with Crippen molar-refractivity contribution in [3.63, 3.8) is 0 Å². The predicted octanol–water partition coefficient (Wildman–Crippen LogP) is 4.98. The van der Waals surface area contributed by atoms with Crippen LogP contribution in [0.2, 0.25) is 0 Å². The summed E-state index contributed by atoms with van der Waals surface area (Å²) in [4.78, 5) is 53.6. The van der Waals surface area contributed by atoms with Gasteiger partial charge < -0.3 is 10.5 Å². The molecule has 2 amide bonds. The molecule has 4 atom stereocenters. The number of rotatable bonds is 9. The van der Waals surface area contributed by atoms with Gasteiger partial charge in [0.2, 0.25) is 11.7 Å². The van der Waals surface area contributed by atoms with Gasteiger partial charge in [0.15, 0.2) is 5.78 Å². The molecule has 242 valence electrons. The third kappa shape index (κ3) is 7.36. The standard InChI is InChI=1S/C28H36F7N3O5/c1-13(2)18(36)21(39)20-16-11-9-8-10-15(16)12-17(23(41)37-24(42)43-25(5,6)7)38(20)19(14(3)4)22(40)26(29,30)27(31,32)28(33,34)35/h8-11,13-14,17-20H,12,36H2,1-7H3,(H,37,41,42)/t17?,18-,19?,20?/m0/s1. The van der Waals surface area contributed by atoms with E-state index in [9.17, 15) is 49.9 Å². The Morgan fingerprint density at radius 3 is 1.93 bits per heavy atom. The molecule has 15 heteroatoms. The highest BCUT2D eigenvalue weighted by atomic mass is 19.4. The number of nitrogens with zero attached hydrogens (tertiary/aromatic N) is 1. The lowest BCUT2D eigenvalue weighted by Crippen LogP contribution is -2.67. The van der Waals surface area contributed by atoms with E-state index < -0.39 is 89.6 Å². The van der Waals surface area contributed by atoms with Gasteiger partial charge in [0, 0.05) is 0 Å². The normalized spacial score (nSPS) is 19.9. The molecule has 1 aromatic rings. The largest absolute Gasteiger partial charge is 0.460 e. The van der Waals surface area contributed by atoms with Crippen LogP contribution in [0, 0.1) is 11.8 Å². The lowest BCUT2D eigenvalue weighted by molar-refractivity contribution is -0.344. The van der Waals surface area contributed by atoms with Crippen LogP contribution in [0.5, 0.6) is 0 Å². The summed E-state index contributed by atoms with van der Waals surface area (Å²) in [7, 11) is 0. The number of Topliss-reactive ketones (excluding diaryl/α,β-unsaturated/α-hetero) is 2. The van der Waals surface area contributed by atoms with Gasteiger partial charge in [0.1, 0.15) is 5.60 Å². The zero-order chi connectivity index (χ0) is 33.5. The molecule has 0 spiro atoms. The number of ketones is 2. The first-order chi connectivity index (χ1) is 19.4. The maximum absolute atomic E-state index is 15.0. The Labute approximate surface area is 244 Å². The molecule has 1 aliphatic heterocycles. The minimum Gasteiger partial charge on any atom is -0.444 e. The molecule has 2 rings (SSSR count). The molecular formula is C28H36F7N3O5. The molecule has 0 radical (unpaired) electrons. The van der Waals surface area contributed by atoms with Crippen LogP contribution in [-0.2, 0) is 25.5 Å². The van der Waals surface area contributed by atoms with E-state index in [2.05, 4.69) is 0 Å². The van der Waals surface area contributed by atoms with Crippen LogP contribution >= 0.6 is 0 Å². The van der Waals surface area contributed by atoms with Crippen LogP contribution in [-0.4, -0.2) is 70.2 Å². The summed E-state index contributed by atoms with van der Waals surface area (Å²) >= 11 is 0. The predicted molar refractivity (Wildman–Crippen MR) is 140 cm³/mol. The number of benzene rings is 1. The minimum absolute atomic E-state index is 0.0780. The number of nitrogens with one attached hydrogen (secondary N) is 1. The fourth-order valence-electron chi connectivity index (χ4n) is 4.82. The summed E-state index contributed by atoms with van der Waals surface area (Å²) in [6.07, 6.45) is -8.55. The first-order valence-corrected chi connectivity index (χ1v) is 13.4. The van der Waals surface area contributed by atoms with Crippen molar-refractivity contribution >= 4 is 23.6 Å². The van der Waals surface area contributed by atoms with Gasteiger partial charge in [-0.05, 0) is 50.2 Å². The van der Waals surface area contributed by atoms with Crippen LogP contribution in [0.15, 0.2) is 24.3 Å². The highest BCUT2D eigenvalue weighted by Gasteiger charge is 2.77. The number of halogens is 7. The van der Waals surface area contributed by atoms with E-state index in [1.807, 2.05) is 5.32 Å². The lowest BCUT2D eigenvalue weighted by atomic mass is 9.79. The quantitative estimate of drug-likeness (QED) is 0.371. The van der Waals surface area contributed by atoms with E-state index in [0.717, 1.165) is 13.8 Å². The van der Waals surface area contributed by atoms with Gasteiger partial charge in [-0.15, -0.1) is 0 Å². The van der Waals surface area contributed by atoms with Crippen molar-refractivity contribution in [3.05, 3.63) is 35.4 Å². The molecule has 0 fully saturated rings. The molecule has 1 aromatic carbocycles. The summed E-state index contributed by atoms with van der Waals surface area (Å²) in [5, 5.41) is 1.89. The Morgan fingerprint density at radius 2 is 1.47 bits per heavy atom. The number of imide groups is 1. The fraction of sp³-hybridized carbons (Fsp3) is 0.643. The van der Waals surface area contributed by atoms with E-state index >= 15 is 0 Å². The van der Waals surface area contributed by atoms with Crippen LogP contribution in [0.25, 0.3) is 0 Å². The molecule has 0 aliphatic carbocycles. The number of hydrogen-bond acceptors (Lipinski definition) is 7. The Balaban J connectivity index is 2.86. The zero-order valence-corrected chi connectivity index (χ0v) is 24.7. The molecule has 43 heavy (non-hydrogen) atoms. The first kappa shape index (κ1) is 36.1. The van der Waals surface area contributed by atoms with Crippen molar-refractivity contribution in [1.82, 2.24) is 10.2 Å². The molecule has 3 N–H and O–H groups in total. The minimum atomic E-state index is -6.81. The van der Waals surface area contributed by atoms with Gasteiger partial charge in [-0.1, -0.05) is 52.0 Å². The van der Waals surface area contributed by atoms with Crippen molar-refractivity contribution in [1.29, 1.82) is 0 Å². The Kier molecular flexibility index (Phi) is 10.5. The second-order valence-corrected chi connectivity index (χ2v) is 12.1. The van der Waals surface area contributed by atoms with Crippen molar-refractivity contribution in [3.8, 4) is 0 Å². The van der Waals surface area contributed by atoms with Gasteiger partial charge in [-0.25, -0.2) is 4.79 Å². The zero-order valence-electron chi connectivity index (χ0n) is 24.7. The first-order valence-electron chi connectivity index (χ1n) is 13.4. The summed E-state index contributed by atoms with van der Waals surface area (Å²) in [6, 6.07) is -1.77. The number of fused-ring (bicyclic) bond motifs is 1. The summed E-state index contributed by atoms with van der Waals surface area (Å²) in [6.45, 7) is 9.65. The van der Waals surface area contributed by atoms with Crippen LogP contribution < -0.4 is 11.1 Å². The number of nitrogens with two attached hydrogens (primary N) is 1. The molecule has 0 aromatic heterocycles. The molecule has 0 bridgehead atoms. The molecule has 1 heterocycles. The number of hydrogen-bond donors (Lipinski definition) is 2. The Hall–Kier alpha value is -3.07. The summed E-state index contributed by atoms with van der Waals surface area (Å²) in [5.74, 6) is -20.2. The highest BCUT2D eigenvalue weighted by molar-refractivity contribution is 5.99. The summed E-state index contributed by atoms with van der Waals surface area (Å²) < 4.78 is 103. The molecule has 8 nitrogen and oxygen atoms in total. The van der Waals surface area contributed by atoms with Crippen molar-refractivity contribution in [2.45, 2.75) is 103 Å². The highest BCUT2D eigenvalue weighted by Crippen LogP contribution is 2.49. The summed E-state index contributed by atoms with van der Waals surface area (Å²) in [5.41, 5.74) is 5.36. The van der Waals surface area contributed by atoms with Gasteiger partial charge in [0.25, 0.3) is 0 Å². The topological polar surface area (TPSA) is 119 Å². The number of alkyl halides is 7. The molecule has 0 saturated heterocycles. The van der Waals surface area contributed by atoms with E-state index in [-0.39, 0.29) is 5.56 Å². The lowest BCUT2D eigenvalue weighted by Gasteiger charge is -2.48. The van der Waals surface area contributed by atoms with Gasteiger partial charge >= 0.3 is 24.1 Å². The van der Waals surface area contributed by atoms with Gasteiger partial charge in [-0.2, -0.15) is 30.7 Å². The van der Waals surface area contributed by atoms with Crippen LogP contribution in [0.1, 0.15) is 65.6 Å². The van der Waals surface area contributed by atoms with Crippen molar-refractivity contribution < 1.29 is 54.6 Å². The Morgan fingerprint density at radius 1 is 0.930 bits per heavy atom. The van der Waals surface area contributed by atoms with E-state index in [1.165, 1.54) is 58.9 Å². The molecule has 3 unspecified atom stereocenters. The maximum Gasteiger partial charge on any atom is 0.460 e. The number of carbonyl (C=O) groups is 4. The molecule has 0 saturated carbocycles. The van der Waals surface area contributed by atoms with E-state index in [1.54, 1.807) is 0 Å². The van der Waals surface area contributed by atoms with Crippen molar-refractivity contribution in [2.75, 3.05) is 0 Å². The van der Waals surface area contributed by atoms with Crippen LogP contribution in [0.4, 0.5) is 35.5 Å². The van der Waals surface area contributed by atoms with E-state index in [0.29, 0.717) is 10.5 Å². The SMILES string of the molecule is CC(C)C(C(=O)C(F)(F)C(F)(F)C(F)(F)F)N1C(C(=O)NC(=O)OC(C)(C)C)Cc2ccccc2C1C(=O)[C@@H](N)C(C)C. The molecule has 1 aliphatic rings. The average molecular weight is 628 g/mol. The maximum atomic E-state index is 15.0. The Bertz CT molecular complexity index is 1230. The number of amides is 2. The molecular weight excluding hydrogens is 591 g/mol. The number of carbonyl (C=O) groups excluding carboxylic acids is 4. The van der Waals surface area contributed by atoms with Crippen LogP contribution in [0.3, 0.4) is 0 Å². The third-order valence-electron chi connectivity index (χ3n) is 6.95. The smallest absolute Gasteiger partial charge is 0.444 e. The second-order valence-electron chi connectivity index (χ2n) is 12.1. The number of alkyl carbamates (subject to hydrolysis) is 1. The van der Waals surface area contributed by atoms with Gasteiger partial charge in [0.05, 0.1) is 24.2 Å². The fourth-order valence-corrected chi connectivity index (χ4v) is 4.82. The van der Waals surface area contributed by atoms with E-state index in [4.69, 9.17) is 10.5 Å². The number of ether oxygens (including phenoxy) is 1. The monoisotopic (exact) mass is 627 g/mol. The second kappa shape index (κ2) is 12.5.